The summed E-state index contributed by atoms with van der Waals surface area (Å²) < 4.78 is 17.9. The van der Waals surface area contributed by atoms with E-state index in [-0.39, 0.29) is 5.97 Å². The van der Waals surface area contributed by atoms with Gasteiger partial charge in [-0.2, -0.15) is 9.78 Å². The molecule has 6 nitrogen and oxygen atoms in total. The molecule has 6 fully saturated rings. The van der Waals surface area contributed by atoms with Crippen molar-refractivity contribution in [1.29, 1.82) is 0 Å². The summed E-state index contributed by atoms with van der Waals surface area (Å²) in [7, 11) is 0. The van der Waals surface area contributed by atoms with Crippen molar-refractivity contribution >= 4 is 5.97 Å². The first-order valence-corrected chi connectivity index (χ1v) is 13.3. The lowest BCUT2D eigenvalue weighted by molar-refractivity contribution is -0.390. The van der Waals surface area contributed by atoms with Crippen molar-refractivity contribution in [3.8, 4) is 5.75 Å². The maximum Gasteiger partial charge on any atom is 0.349 e. The Balaban J connectivity index is 1.07. The van der Waals surface area contributed by atoms with Gasteiger partial charge in [0, 0.05) is 24.7 Å². The van der Waals surface area contributed by atoms with Gasteiger partial charge in [-0.25, -0.2) is 4.79 Å². The van der Waals surface area contributed by atoms with Crippen molar-refractivity contribution in [3.05, 3.63) is 29.8 Å². The Morgan fingerprint density at radius 3 is 2.18 bits per heavy atom. The van der Waals surface area contributed by atoms with E-state index in [0.717, 1.165) is 37.5 Å². The van der Waals surface area contributed by atoms with E-state index >= 15 is 0 Å². The average Bonchev–Trinajstić information content (AvgIpc) is 3.18. The standard InChI is InChI=1S/C28H38O6/c1-4-30-25(29)26(2,3)31-24-7-5-20(6-8-24)21-9-11-27(12-10-21)32-28(34-33-27)22-14-18-13-19(16-22)17-23(28)15-18/h5-8,18-19,21-23H,4,9-17H2,1-3H3. The van der Waals surface area contributed by atoms with Crippen LogP contribution in [0.3, 0.4) is 0 Å². The van der Waals surface area contributed by atoms with Gasteiger partial charge in [0.05, 0.1) is 6.61 Å². The summed E-state index contributed by atoms with van der Waals surface area (Å²) in [6.45, 7) is 5.61. The largest absolute Gasteiger partial charge is 0.476 e. The number of carbonyl (C=O) groups is 1. The smallest absolute Gasteiger partial charge is 0.349 e. The number of hydrogen-bond acceptors (Lipinski definition) is 6. The SMILES string of the molecule is CCOC(=O)C(C)(C)Oc1ccc(C2CCC3(CC2)OOC2(O3)C3CC4CC(C3)CC2C4)cc1. The number of benzene rings is 1. The summed E-state index contributed by atoms with van der Waals surface area (Å²) in [5, 5.41) is 0. The van der Waals surface area contributed by atoms with Crippen molar-refractivity contribution in [2.75, 3.05) is 6.61 Å². The topological polar surface area (TPSA) is 63.2 Å². The molecule has 0 radical (unpaired) electrons. The minimum absolute atomic E-state index is 0.343. The normalized spacial score (nSPS) is 40.7. The van der Waals surface area contributed by atoms with Crippen LogP contribution in [0.1, 0.15) is 90.0 Å². The molecule has 1 aromatic carbocycles. The van der Waals surface area contributed by atoms with Crippen LogP contribution in [-0.4, -0.2) is 29.8 Å². The first kappa shape index (κ1) is 22.8. The first-order chi connectivity index (χ1) is 16.3. The van der Waals surface area contributed by atoms with Crippen molar-refractivity contribution < 1.29 is 28.8 Å². The maximum atomic E-state index is 12.1. The molecule has 1 aliphatic heterocycles. The molecule has 6 aliphatic rings. The predicted octanol–water partition coefficient (Wildman–Crippen LogP) is 5.89. The molecule has 1 aromatic rings. The second-order valence-electron chi connectivity index (χ2n) is 11.9. The highest BCUT2D eigenvalue weighted by Crippen LogP contribution is 2.64. The quantitative estimate of drug-likeness (QED) is 0.395. The lowest BCUT2D eigenvalue weighted by atomic mass is 9.53. The fourth-order valence-electron chi connectivity index (χ4n) is 7.64. The highest BCUT2D eigenvalue weighted by atomic mass is 17.3. The summed E-state index contributed by atoms with van der Waals surface area (Å²) in [4.78, 5) is 24.4. The zero-order chi connectivity index (χ0) is 23.6. The van der Waals surface area contributed by atoms with E-state index in [0.29, 0.717) is 30.1 Å². The van der Waals surface area contributed by atoms with Gasteiger partial charge in [0.25, 0.3) is 0 Å². The second kappa shape index (κ2) is 8.21. The van der Waals surface area contributed by atoms with E-state index in [1.807, 2.05) is 12.1 Å². The van der Waals surface area contributed by atoms with Crippen LogP contribution in [0.15, 0.2) is 24.3 Å². The maximum absolute atomic E-state index is 12.1. The predicted molar refractivity (Wildman–Crippen MR) is 125 cm³/mol. The van der Waals surface area contributed by atoms with E-state index in [1.54, 1.807) is 20.8 Å². The molecule has 7 rings (SSSR count). The molecule has 5 saturated carbocycles. The molecular weight excluding hydrogens is 432 g/mol. The monoisotopic (exact) mass is 470 g/mol. The Bertz CT molecular complexity index is 885. The van der Waals surface area contributed by atoms with Crippen LogP contribution >= 0.6 is 0 Å². The molecule has 6 heteroatoms. The van der Waals surface area contributed by atoms with Gasteiger partial charge in [-0.1, -0.05) is 12.1 Å². The first-order valence-electron chi connectivity index (χ1n) is 13.3. The molecule has 0 atom stereocenters. The van der Waals surface area contributed by atoms with Crippen molar-refractivity contribution in [2.45, 2.75) is 102 Å². The van der Waals surface area contributed by atoms with Crippen LogP contribution in [0, 0.1) is 23.7 Å². The van der Waals surface area contributed by atoms with E-state index in [4.69, 9.17) is 24.0 Å². The molecule has 0 N–H and O–H groups in total. The van der Waals surface area contributed by atoms with Crippen LogP contribution in [-0.2, 0) is 24.0 Å². The Morgan fingerprint density at radius 2 is 1.59 bits per heavy atom. The lowest BCUT2D eigenvalue weighted by Gasteiger charge is -2.57. The van der Waals surface area contributed by atoms with Crippen LogP contribution in [0.25, 0.3) is 0 Å². The fraction of sp³-hybridized carbons (Fsp3) is 0.750. The van der Waals surface area contributed by atoms with Crippen molar-refractivity contribution in [1.82, 2.24) is 0 Å². The summed E-state index contributed by atoms with van der Waals surface area (Å²) in [5.74, 6) is 2.49. The molecule has 5 aliphatic carbocycles. The van der Waals surface area contributed by atoms with Gasteiger partial charge in [0.2, 0.25) is 11.6 Å². The molecule has 34 heavy (non-hydrogen) atoms. The van der Waals surface area contributed by atoms with E-state index < -0.39 is 17.2 Å². The third kappa shape index (κ3) is 3.77. The molecular formula is C28H38O6. The number of hydrogen-bond donors (Lipinski definition) is 0. The third-order valence-corrected chi connectivity index (χ3v) is 9.18. The van der Waals surface area contributed by atoms with Gasteiger partial charge in [0.1, 0.15) is 5.75 Å². The Morgan fingerprint density at radius 1 is 0.971 bits per heavy atom. The highest BCUT2D eigenvalue weighted by Gasteiger charge is 2.66. The summed E-state index contributed by atoms with van der Waals surface area (Å²) in [6, 6.07) is 8.14. The van der Waals surface area contributed by atoms with Gasteiger partial charge in [0.15, 0.2) is 5.60 Å². The van der Waals surface area contributed by atoms with Crippen LogP contribution < -0.4 is 4.74 Å². The van der Waals surface area contributed by atoms with Crippen LogP contribution in [0.4, 0.5) is 0 Å². The zero-order valence-electron chi connectivity index (χ0n) is 20.7. The van der Waals surface area contributed by atoms with Gasteiger partial charge in [-0.3, -0.25) is 0 Å². The van der Waals surface area contributed by atoms with E-state index in [2.05, 4.69) is 12.1 Å². The third-order valence-electron chi connectivity index (χ3n) is 9.18. The molecule has 1 saturated heterocycles. The fourth-order valence-corrected chi connectivity index (χ4v) is 7.64. The van der Waals surface area contributed by atoms with Crippen molar-refractivity contribution in [2.24, 2.45) is 23.7 Å². The average molecular weight is 471 g/mol. The minimum atomic E-state index is -1.01. The summed E-state index contributed by atoms with van der Waals surface area (Å²) in [6.07, 6.45) is 10.1. The minimum Gasteiger partial charge on any atom is -0.476 e. The summed E-state index contributed by atoms with van der Waals surface area (Å²) in [5.41, 5.74) is 0.277. The molecule has 0 unspecified atom stereocenters. The molecule has 1 heterocycles. The van der Waals surface area contributed by atoms with Gasteiger partial charge in [-0.05, 0) is 101 Å². The Kier molecular flexibility index (Phi) is 5.51. The second-order valence-corrected chi connectivity index (χ2v) is 11.9. The number of esters is 1. The molecule has 4 bridgehead atoms. The van der Waals surface area contributed by atoms with Crippen LogP contribution in [0.2, 0.25) is 0 Å². The molecule has 0 amide bonds. The van der Waals surface area contributed by atoms with Crippen molar-refractivity contribution in [3.63, 3.8) is 0 Å². The van der Waals surface area contributed by atoms with Crippen LogP contribution in [0.5, 0.6) is 5.75 Å². The number of carbonyl (C=O) groups excluding carboxylic acids is 1. The summed E-state index contributed by atoms with van der Waals surface area (Å²) >= 11 is 0. The Labute approximate surface area is 202 Å². The zero-order valence-corrected chi connectivity index (χ0v) is 20.7. The molecule has 0 aromatic heterocycles. The highest BCUT2D eigenvalue weighted by molar-refractivity contribution is 5.79. The number of rotatable bonds is 5. The van der Waals surface area contributed by atoms with E-state index in [9.17, 15) is 4.79 Å². The van der Waals surface area contributed by atoms with E-state index in [1.165, 1.54) is 37.7 Å². The lowest BCUT2D eigenvalue weighted by Crippen LogP contribution is -2.59. The van der Waals surface area contributed by atoms with Gasteiger partial charge in [-0.15, -0.1) is 0 Å². The Hall–Kier alpha value is -1.63. The number of ether oxygens (including phenoxy) is 3. The van der Waals surface area contributed by atoms with Gasteiger partial charge >= 0.3 is 5.97 Å². The molecule has 2 spiro atoms. The van der Waals surface area contributed by atoms with Gasteiger partial charge < -0.3 is 14.2 Å². The molecule has 186 valence electrons.